The second-order valence-electron chi connectivity index (χ2n) is 9.58. The highest BCUT2D eigenvalue weighted by Crippen LogP contribution is 2.33. The maximum absolute atomic E-state index is 13.1. The molecule has 1 fully saturated rings. The second-order valence-corrected chi connectivity index (χ2v) is 9.58. The Bertz CT molecular complexity index is 1160. The number of rotatable bonds is 10. The van der Waals surface area contributed by atoms with E-state index < -0.39 is 12.1 Å². The standard InChI is InChI=1S/C28H34BN4O3/c1-19-25(27(20(2)35)33(32-19)17-21-9-5-3-6-10-21)22-13-15-24(16-14-22)30-28(36)26(31-29-18-34)23-11-7-4-8-12-23/h3,5-6,9-10,13-16,18,20,23,26,31,35H,4,7-8,11-12,17H2,1-2H3,(H,30,36)/t20?,26-/m0/s1. The van der Waals surface area contributed by atoms with Crippen LogP contribution < -0.4 is 10.5 Å². The van der Waals surface area contributed by atoms with Crippen LogP contribution >= 0.6 is 0 Å². The molecule has 1 saturated carbocycles. The van der Waals surface area contributed by atoms with Crippen molar-refractivity contribution in [2.24, 2.45) is 5.92 Å². The summed E-state index contributed by atoms with van der Waals surface area (Å²) in [7, 11) is 1.31. The Morgan fingerprint density at radius 1 is 1.14 bits per heavy atom. The molecule has 1 radical (unpaired) electrons. The van der Waals surface area contributed by atoms with Crippen LogP contribution in [0.1, 0.15) is 62.1 Å². The van der Waals surface area contributed by atoms with Crippen molar-refractivity contribution in [3.8, 4) is 11.1 Å². The summed E-state index contributed by atoms with van der Waals surface area (Å²) in [6, 6.07) is 17.2. The molecule has 1 aliphatic rings. The number of nitrogens with one attached hydrogen (secondary N) is 2. The Morgan fingerprint density at radius 3 is 2.47 bits per heavy atom. The van der Waals surface area contributed by atoms with Crippen LogP contribution in [-0.4, -0.2) is 40.4 Å². The molecule has 2 aromatic carbocycles. The fourth-order valence-corrected chi connectivity index (χ4v) is 5.23. The van der Waals surface area contributed by atoms with Gasteiger partial charge < -0.3 is 20.4 Å². The Morgan fingerprint density at radius 2 is 1.83 bits per heavy atom. The lowest BCUT2D eigenvalue weighted by Gasteiger charge is -2.29. The van der Waals surface area contributed by atoms with E-state index in [1.165, 1.54) is 13.8 Å². The van der Waals surface area contributed by atoms with E-state index in [-0.39, 0.29) is 11.8 Å². The van der Waals surface area contributed by atoms with E-state index >= 15 is 0 Å². The van der Waals surface area contributed by atoms with Crippen LogP contribution in [0.2, 0.25) is 0 Å². The van der Waals surface area contributed by atoms with E-state index in [9.17, 15) is 14.7 Å². The van der Waals surface area contributed by atoms with Gasteiger partial charge in [0.05, 0.1) is 36.3 Å². The smallest absolute Gasteiger partial charge is 0.291 e. The van der Waals surface area contributed by atoms with Gasteiger partial charge in [-0.05, 0) is 55.9 Å². The summed E-state index contributed by atoms with van der Waals surface area (Å²) >= 11 is 0. The van der Waals surface area contributed by atoms with Crippen molar-refractivity contribution in [3.63, 3.8) is 0 Å². The average Bonchev–Trinajstić information content (AvgIpc) is 3.21. The van der Waals surface area contributed by atoms with Crippen molar-refractivity contribution in [1.29, 1.82) is 0 Å². The number of anilines is 1. The molecule has 3 N–H and O–H groups in total. The maximum atomic E-state index is 13.1. The molecule has 3 aromatic rings. The van der Waals surface area contributed by atoms with Gasteiger partial charge in [-0.2, -0.15) is 5.10 Å². The zero-order valence-corrected chi connectivity index (χ0v) is 21.0. The van der Waals surface area contributed by atoms with Gasteiger partial charge in [0.15, 0.2) is 0 Å². The number of carbonyl (C=O) groups excluding carboxylic acids is 2. The summed E-state index contributed by atoms with van der Waals surface area (Å²) in [6.07, 6.45) is 5.35. The van der Waals surface area contributed by atoms with Crippen molar-refractivity contribution < 1.29 is 14.7 Å². The van der Waals surface area contributed by atoms with Gasteiger partial charge in [-0.25, -0.2) is 0 Å². The second kappa shape index (κ2) is 12.1. The molecular weight excluding hydrogens is 451 g/mol. The third-order valence-corrected chi connectivity index (χ3v) is 6.93. The number of aliphatic hydroxyl groups excluding tert-OH is 1. The van der Waals surface area contributed by atoms with Crippen LogP contribution in [0.25, 0.3) is 11.1 Å². The summed E-state index contributed by atoms with van der Waals surface area (Å²) in [4.78, 5) is 24.0. The third-order valence-electron chi connectivity index (χ3n) is 6.93. The number of amides is 1. The van der Waals surface area contributed by atoms with Crippen LogP contribution in [0.4, 0.5) is 5.69 Å². The summed E-state index contributed by atoms with van der Waals surface area (Å²) in [5, 5.41) is 21.4. The molecule has 4 rings (SSSR count). The van der Waals surface area contributed by atoms with Gasteiger partial charge in [0.25, 0.3) is 7.41 Å². The SMILES string of the molecule is Cc1nn(Cc2ccccc2)c(C(C)O)c1-c1ccc(NC(=O)[C@@H](N[B]C=O)C2CCCCC2)cc1. The first kappa shape index (κ1) is 25.9. The van der Waals surface area contributed by atoms with Crippen molar-refractivity contribution in [2.75, 3.05) is 5.32 Å². The molecule has 1 unspecified atom stereocenters. The quantitative estimate of drug-likeness (QED) is 0.295. The summed E-state index contributed by atoms with van der Waals surface area (Å²) < 4.78 is 1.87. The zero-order valence-electron chi connectivity index (χ0n) is 21.0. The molecule has 8 heteroatoms. The first-order chi connectivity index (χ1) is 17.5. The monoisotopic (exact) mass is 485 g/mol. The van der Waals surface area contributed by atoms with Crippen LogP contribution in [0, 0.1) is 12.8 Å². The Kier molecular flexibility index (Phi) is 8.72. The minimum atomic E-state index is -0.694. The molecule has 7 nitrogen and oxygen atoms in total. The molecule has 1 aromatic heterocycles. The topological polar surface area (TPSA) is 96.2 Å². The number of hydrogen-bond acceptors (Lipinski definition) is 5. The van der Waals surface area contributed by atoms with Crippen molar-refractivity contribution in [1.82, 2.24) is 15.0 Å². The lowest BCUT2D eigenvalue weighted by molar-refractivity contribution is -0.119. The molecular formula is C28H34BN4O3. The predicted octanol–water partition coefficient (Wildman–Crippen LogP) is 4.25. The average molecular weight is 485 g/mol. The Hall–Kier alpha value is -3.23. The van der Waals surface area contributed by atoms with Crippen LogP contribution in [0.3, 0.4) is 0 Å². The van der Waals surface area contributed by atoms with E-state index in [4.69, 9.17) is 5.10 Å². The number of aliphatic hydroxyl groups is 1. The summed E-state index contributed by atoms with van der Waals surface area (Å²) in [5.41, 5.74) is 5.23. The maximum Gasteiger partial charge on any atom is 0.291 e. The van der Waals surface area contributed by atoms with Crippen LogP contribution in [0.5, 0.6) is 0 Å². The van der Waals surface area contributed by atoms with E-state index in [0.717, 1.165) is 53.8 Å². The van der Waals surface area contributed by atoms with Gasteiger partial charge in [-0.3, -0.25) is 9.48 Å². The highest BCUT2D eigenvalue weighted by molar-refractivity contribution is 6.64. The number of aryl methyl sites for hydroxylation is 1. The van der Waals surface area contributed by atoms with Gasteiger partial charge in [0.1, 0.15) is 0 Å². The van der Waals surface area contributed by atoms with E-state index in [1.807, 2.05) is 66.2 Å². The largest absolute Gasteiger partial charge is 0.387 e. The normalized spacial score (nSPS) is 15.8. The molecule has 0 aliphatic heterocycles. The lowest BCUT2D eigenvalue weighted by atomic mass is 9.81. The van der Waals surface area contributed by atoms with Gasteiger partial charge in [-0.15, -0.1) is 0 Å². The van der Waals surface area contributed by atoms with E-state index in [2.05, 4.69) is 10.5 Å². The van der Waals surface area contributed by atoms with Gasteiger partial charge in [-0.1, -0.05) is 61.7 Å². The number of aromatic nitrogens is 2. The minimum Gasteiger partial charge on any atom is -0.387 e. The molecule has 2 atom stereocenters. The van der Waals surface area contributed by atoms with Gasteiger partial charge >= 0.3 is 0 Å². The Labute approximate surface area is 213 Å². The molecule has 0 bridgehead atoms. The number of carbonyl (C=O) groups is 2. The van der Waals surface area contributed by atoms with Crippen LogP contribution in [0.15, 0.2) is 54.6 Å². The molecule has 36 heavy (non-hydrogen) atoms. The molecule has 0 spiro atoms. The van der Waals surface area contributed by atoms with Gasteiger partial charge in [0, 0.05) is 11.3 Å². The minimum absolute atomic E-state index is 0.135. The number of benzene rings is 2. The molecule has 1 amide bonds. The van der Waals surface area contributed by atoms with Gasteiger partial charge in [0.2, 0.25) is 5.91 Å². The molecule has 187 valence electrons. The first-order valence-corrected chi connectivity index (χ1v) is 12.7. The highest BCUT2D eigenvalue weighted by atomic mass is 16.3. The third kappa shape index (κ3) is 6.12. The molecule has 1 aliphatic carbocycles. The number of nitrogens with zero attached hydrogens (tertiary/aromatic N) is 2. The number of hydrogen-bond donors (Lipinski definition) is 3. The molecule has 1 heterocycles. The Balaban J connectivity index is 1.53. The molecule has 0 saturated heterocycles. The summed E-state index contributed by atoms with van der Waals surface area (Å²) in [6.45, 7) is 4.27. The first-order valence-electron chi connectivity index (χ1n) is 12.7. The predicted molar refractivity (Wildman–Crippen MR) is 143 cm³/mol. The van der Waals surface area contributed by atoms with Crippen molar-refractivity contribution in [2.45, 2.75) is 64.6 Å². The van der Waals surface area contributed by atoms with Crippen LogP contribution in [-0.2, 0) is 16.1 Å². The van der Waals surface area contributed by atoms with Crippen molar-refractivity contribution in [3.05, 3.63) is 71.5 Å². The van der Waals surface area contributed by atoms with Crippen molar-refractivity contribution >= 4 is 25.2 Å². The highest BCUT2D eigenvalue weighted by Gasteiger charge is 2.29. The van der Waals surface area contributed by atoms with E-state index in [0.29, 0.717) is 18.4 Å². The summed E-state index contributed by atoms with van der Waals surface area (Å²) in [5.74, 6) is 0.0743. The zero-order chi connectivity index (χ0) is 25.5. The fourth-order valence-electron chi connectivity index (χ4n) is 5.23. The van der Waals surface area contributed by atoms with E-state index in [1.54, 1.807) is 6.92 Å². The fraction of sp³-hybridized carbons (Fsp3) is 0.393. The lowest BCUT2D eigenvalue weighted by Crippen LogP contribution is -2.48.